The van der Waals surface area contributed by atoms with Crippen LogP contribution in [0.1, 0.15) is 24.8 Å². The summed E-state index contributed by atoms with van der Waals surface area (Å²) in [7, 11) is 0. The van der Waals surface area contributed by atoms with E-state index in [0.29, 0.717) is 0 Å². The molecule has 0 aliphatic carbocycles. The van der Waals surface area contributed by atoms with Gasteiger partial charge in [0.05, 0.1) is 0 Å². The molecule has 1 aliphatic rings. The standard InChI is InChI=1S/C12H16Cl2NP/c1-10-6-5-7-11(12(10)16(13)14)15-8-3-2-4-9-15/h5-7H,2-4,8-9H2,1H3. The number of halogens is 2. The number of aryl methyl sites for hydroxylation is 1. The van der Waals surface area contributed by atoms with Crippen molar-refractivity contribution in [2.75, 3.05) is 18.0 Å². The molecule has 0 N–H and O–H groups in total. The Morgan fingerprint density at radius 3 is 2.44 bits per heavy atom. The van der Waals surface area contributed by atoms with Gasteiger partial charge in [0.15, 0.2) is 0 Å². The molecule has 1 nitrogen and oxygen atoms in total. The van der Waals surface area contributed by atoms with Crippen LogP contribution in [0.15, 0.2) is 18.2 Å². The maximum Gasteiger partial charge on any atom is 0.119 e. The second-order valence-corrected chi connectivity index (χ2v) is 7.68. The van der Waals surface area contributed by atoms with Crippen LogP contribution in [0.4, 0.5) is 5.69 Å². The molecule has 1 heterocycles. The average molecular weight is 276 g/mol. The molecule has 0 saturated carbocycles. The molecule has 1 aliphatic heterocycles. The average Bonchev–Trinajstić information content (AvgIpc) is 2.29. The Labute approximate surface area is 108 Å². The van der Waals surface area contributed by atoms with Gasteiger partial charge in [-0.2, -0.15) is 0 Å². The molecule has 0 aromatic heterocycles. The summed E-state index contributed by atoms with van der Waals surface area (Å²) in [5.74, 6) is 0. The van der Waals surface area contributed by atoms with E-state index in [0.717, 1.165) is 18.4 Å². The Kier molecular flexibility index (Phi) is 4.35. The molecule has 1 saturated heterocycles. The van der Waals surface area contributed by atoms with E-state index in [1.54, 1.807) is 0 Å². The van der Waals surface area contributed by atoms with Crippen LogP contribution in [0.3, 0.4) is 0 Å². The van der Waals surface area contributed by atoms with Crippen molar-refractivity contribution in [3.05, 3.63) is 23.8 Å². The van der Waals surface area contributed by atoms with E-state index < -0.39 is 6.63 Å². The fourth-order valence-corrected chi connectivity index (χ4v) is 4.30. The highest BCUT2D eigenvalue weighted by Crippen LogP contribution is 2.48. The van der Waals surface area contributed by atoms with Crippen molar-refractivity contribution < 1.29 is 0 Å². The van der Waals surface area contributed by atoms with Crippen molar-refractivity contribution in [2.24, 2.45) is 0 Å². The monoisotopic (exact) mass is 275 g/mol. The van der Waals surface area contributed by atoms with Gasteiger partial charge in [-0.15, -0.1) is 0 Å². The molecule has 0 unspecified atom stereocenters. The molecule has 0 atom stereocenters. The maximum atomic E-state index is 6.14. The minimum atomic E-state index is -1.06. The number of piperidine rings is 1. The first-order chi connectivity index (χ1) is 7.70. The third-order valence-corrected chi connectivity index (χ3v) is 5.02. The predicted octanol–water partition coefficient (Wildman–Crippen LogP) is 4.40. The second-order valence-electron chi connectivity index (χ2n) is 4.22. The van der Waals surface area contributed by atoms with Crippen molar-refractivity contribution in [1.82, 2.24) is 0 Å². The minimum Gasteiger partial charge on any atom is -0.371 e. The Morgan fingerprint density at radius 1 is 1.12 bits per heavy atom. The first-order valence-electron chi connectivity index (χ1n) is 5.66. The van der Waals surface area contributed by atoms with Gasteiger partial charge in [0.1, 0.15) is 6.63 Å². The summed E-state index contributed by atoms with van der Waals surface area (Å²) in [5.41, 5.74) is 2.45. The third kappa shape index (κ3) is 2.64. The fraction of sp³-hybridized carbons (Fsp3) is 0.500. The van der Waals surface area contributed by atoms with Gasteiger partial charge in [-0.3, -0.25) is 0 Å². The summed E-state index contributed by atoms with van der Waals surface area (Å²) in [5, 5.41) is 1.14. The molecule has 1 aromatic carbocycles. The fourth-order valence-electron chi connectivity index (χ4n) is 2.25. The zero-order valence-corrected chi connectivity index (χ0v) is 11.8. The number of anilines is 1. The lowest BCUT2D eigenvalue weighted by molar-refractivity contribution is 0.578. The summed E-state index contributed by atoms with van der Waals surface area (Å²) in [6, 6.07) is 6.33. The summed E-state index contributed by atoms with van der Waals surface area (Å²) >= 11 is 12.3. The molecule has 1 fully saturated rings. The van der Waals surface area contributed by atoms with Crippen LogP contribution in [0.5, 0.6) is 0 Å². The van der Waals surface area contributed by atoms with Crippen LogP contribution in [0.2, 0.25) is 0 Å². The van der Waals surface area contributed by atoms with E-state index in [4.69, 9.17) is 22.5 Å². The van der Waals surface area contributed by atoms with Crippen molar-refractivity contribution in [3.63, 3.8) is 0 Å². The minimum absolute atomic E-state index is 1.06. The van der Waals surface area contributed by atoms with Crippen LogP contribution >= 0.6 is 29.1 Å². The molecular formula is C12H16Cl2NP. The van der Waals surface area contributed by atoms with E-state index in [9.17, 15) is 0 Å². The first-order valence-corrected chi connectivity index (χ1v) is 8.81. The number of hydrogen-bond donors (Lipinski definition) is 0. The van der Waals surface area contributed by atoms with Gasteiger partial charge in [-0.05, 0) is 37.8 Å². The topological polar surface area (TPSA) is 3.24 Å². The zero-order chi connectivity index (χ0) is 11.5. The van der Waals surface area contributed by atoms with Gasteiger partial charge in [-0.1, -0.05) is 34.6 Å². The molecule has 0 spiro atoms. The number of rotatable bonds is 2. The SMILES string of the molecule is Cc1cccc(N2CCCCC2)c1P(Cl)Cl. The van der Waals surface area contributed by atoms with Gasteiger partial charge >= 0.3 is 0 Å². The van der Waals surface area contributed by atoms with E-state index >= 15 is 0 Å². The van der Waals surface area contributed by atoms with E-state index in [-0.39, 0.29) is 0 Å². The van der Waals surface area contributed by atoms with Gasteiger partial charge in [0, 0.05) is 24.1 Å². The van der Waals surface area contributed by atoms with Crippen molar-refractivity contribution >= 4 is 40.1 Å². The lowest BCUT2D eigenvalue weighted by Gasteiger charge is -2.31. The van der Waals surface area contributed by atoms with Crippen LogP contribution in [-0.4, -0.2) is 13.1 Å². The third-order valence-electron chi connectivity index (χ3n) is 3.08. The molecule has 0 amide bonds. The summed E-state index contributed by atoms with van der Waals surface area (Å²) in [6.07, 6.45) is 3.89. The molecule has 16 heavy (non-hydrogen) atoms. The summed E-state index contributed by atoms with van der Waals surface area (Å²) < 4.78 is 0. The predicted molar refractivity (Wildman–Crippen MR) is 75.5 cm³/mol. The molecular weight excluding hydrogens is 260 g/mol. The molecule has 0 radical (unpaired) electrons. The van der Waals surface area contributed by atoms with Gasteiger partial charge in [0.25, 0.3) is 0 Å². The molecule has 2 rings (SSSR count). The number of benzene rings is 1. The normalized spacial score (nSPS) is 16.9. The Balaban J connectivity index is 2.34. The number of hydrogen-bond acceptors (Lipinski definition) is 1. The Hall–Kier alpha value is 0.0300. The molecule has 0 bridgehead atoms. The first kappa shape index (κ1) is 12.5. The lowest BCUT2D eigenvalue weighted by Crippen LogP contribution is -2.32. The van der Waals surface area contributed by atoms with E-state index in [2.05, 4.69) is 30.0 Å². The van der Waals surface area contributed by atoms with Crippen molar-refractivity contribution in [1.29, 1.82) is 0 Å². The molecule has 88 valence electrons. The second kappa shape index (κ2) is 5.58. The number of nitrogens with zero attached hydrogens (tertiary/aromatic N) is 1. The van der Waals surface area contributed by atoms with E-state index in [1.807, 2.05) is 0 Å². The van der Waals surface area contributed by atoms with Crippen LogP contribution in [0, 0.1) is 6.92 Å². The van der Waals surface area contributed by atoms with Crippen LogP contribution in [0.25, 0.3) is 0 Å². The highest BCUT2D eigenvalue weighted by atomic mass is 35.9. The highest BCUT2D eigenvalue weighted by Gasteiger charge is 2.19. The smallest absolute Gasteiger partial charge is 0.119 e. The summed E-state index contributed by atoms with van der Waals surface area (Å²) in [4.78, 5) is 2.42. The van der Waals surface area contributed by atoms with Crippen molar-refractivity contribution in [2.45, 2.75) is 26.2 Å². The van der Waals surface area contributed by atoms with Gasteiger partial charge in [0.2, 0.25) is 0 Å². The molecule has 4 heteroatoms. The highest BCUT2D eigenvalue weighted by molar-refractivity contribution is 8.09. The maximum absolute atomic E-state index is 6.14. The van der Waals surface area contributed by atoms with E-state index in [1.165, 1.54) is 30.5 Å². The quantitative estimate of drug-likeness (QED) is 0.724. The Bertz CT molecular complexity index is 362. The van der Waals surface area contributed by atoms with Crippen LogP contribution < -0.4 is 10.2 Å². The Morgan fingerprint density at radius 2 is 1.81 bits per heavy atom. The van der Waals surface area contributed by atoms with Crippen LogP contribution in [-0.2, 0) is 0 Å². The lowest BCUT2D eigenvalue weighted by atomic mass is 10.1. The molecule has 1 aromatic rings. The van der Waals surface area contributed by atoms with Gasteiger partial charge < -0.3 is 4.90 Å². The van der Waals surface area contributed by atoms with Crippen molar-refractivity contribution in [3.8, 4) is 0 Å². The van der Waals surface area contributed by atoms with Gasteiger partial charge in [-0.25, -0.2) is 0 Å². The largest absolute Gasteiger partial charge is 0.371 e. The summed E-state index contributed by atoms with van der Waals surface area (Å²) in [6.45, 7) is 3.29. The zero-order valence-electron chi connectivity index (χ0n) is 9.42.